The van der Waals surface area contributed by atoms with Crippen LogP contribution in [0.15, 0.2) is 53.4 Å². The molecule has 4 aliphatic carbocycles. The number of carbonyl (C=O) groups is 1. The largest absolute Gasteiger partial charge is 0.347 e. The Balaban J connectivity index is 1.38. The molecule has 158 valence electrons. The fraction of sp³-hybridized carbons (Fsp3) is 0.458. The second kappa shape index (κ2) is 7.12. The predicted octanol–water partition coefficient (Wildman–Crippen LogP) is 4.49. The van der Waals surface area contributed by atoms with E-state index in [4.69, 9.17) is 0 Å². The van der Waals surface area contributed by atoms with E-state index in [2.05, 4.69) is 10.0 Å². The SMILES string of the molecule is Cc1c(NS(=O)(=O)c2ccccc2)cccc1C(=O)NC12CC3CC(CC(C3)C1)C2. The van der Waals surface area contributed by atoms with Crippen molar-refractivity contribution in [1.29, 1.82) is 0 Å². The average molecular weight is 425 g/mol. The van der Waals surface area contributed by atoms with Gasteiger partial charge >= 0.3 is 0 Å². The van der Waals surface area contributed by atoms with Crippen LogP contribution in [-0.4, -0.2) is 19.9 Å². The Morgan fingerprint density at radius 3 is 2.10 bits per heavy atom. The van der Waals surface area contributed by atoms with E-state index in [-0.39, 0.29) is 16.3 Å². The van der Waals surface area contributed by atoms with Crippen LogP contribution in [0.3, 0.4) is 0 Å². The van der Waals surface area contributed by atoms with Crippen molar-refractivity contribution in [2.75, 3.05) is 4.72 Å². The van der Waals surface area contributed by atoms with E-state index in [9.17, 15) is 13.2 Å². The van der Waals surface area contributed by atoms with Crippen LogP contribution in [0, 0.1) is 24.7 Å². The molecule has 4 bridgehead atoms. The van der Waals surface area contributed by atoms with Gasteiger partial charge in [0.15, 0.2) is 0 Å². The molecule has 2 aromatic carbocycles. The molecule has 0 heterocycles. The topological polar surface area (TPSA) is 75.3 Å². The van der Waals surface area contributed by atoms with Crippen LogP contribution in [0.4, 0.5) is 5.69 Å². The smallest absolute Gasteiger partial charge is 0.261 e. The van der Waals surface area contributed by atoms with Crippen molar-refractivity contribution < 1.29 is 13.2 Å². The maximum absolute atomic E-state index is 13.2. The van der Waals surface area contributed by atoms with Crippen LogP contribution >= 0.6 is 0 Å². The highest BCUT2D eigenvalue weighted by atomic mass is 32.2. The van der Waals surface area contributed by atoms with Crippen LogP contribution in [0.25, 0.3) is 0 Å². The molecule has 4 aliphatic rings. The molecule has 0 aliphatic heterocycles. The average Bonchev–Trinajstić information content (AvgIpc) is 2.68. The maximum atomic E-state index is 13.2. The summed E-state index contributed by atoms with van der Waals surface area (Å²) in [5.41, 5.74) is 1.56. The Hall–Kier alpha value is -2.34. The Bertz CT molecular complexity index is 1040. The minimum absolute atomic E-state index is 0.0716. The third-order valence-corrected chi connectivity index (χ3v) is 8.67. The van der Waals surface area contributed by atoms with Crippen molar-refractivity contribution in [2.45, 2.75) is 55.9 Å². The molecule has 2 aromatic rings. The molecule has 4 saturated carbocycles. The predicted molar refractivity (Wildman–Crippen MR) is 117 cm³/mol. The van der Waals surface area contributed by atoms with Gasteiger partial charge in [0.2, 0.25) is 0 Å². The van der Waals surface area contributed by atoms with Crippen molar-refractivity contribution in [1.82, 2.24) is 5.32 Å². The molecule has 2 N–H and O–H groups in total. The van der Waals surface area contributed by atoms with E-state index >= 15 is 0 Å². The molecular formula is C24H28N2O3S. The van der Waals surface area contributed by atoms with Gasteiger partial charge in [0.1, 0.15) is 0 Å². The number of carbonyl (C=O) groups excluding carboxylic acids is 1. The summed E-state index contributed by atoms with van der Waals surface area (Å²) < 4.78 is 28.1. The molecule has 6 heteroatoms. The standard InChI is InChI=1S/C24H28N2O3S/c1-16-21(8-5-9-22(16)26-30(28,29)20-6-3-2-4-7-20)23(27)25-24-13-17-10-18(14-24)12-19(11-17)15-24/h2-9,17-19,26H,10-15H2,1H3,(H,25,27). The zero-order chi connectivity index (χ0) is 20.9. The normalized spacial score (nSPS) is 29.6. The fourth-order valence-corrected chi connectivity index (χ4v) is 7.51. The van der Waals surface area contributed by atoms with Gasteiger partial charge in [0, 0.05) is 11.1 Å². The molecule has 0 saturated heterocycles. The molecule has 0 atom stereocenters. The molecule has 0 aromatic heterocycles. The summed E-state index contributed by atoms with van der Waals surface area (Å²) in [7, 11) is -3.70. The number of benzene rings is 2. The molecule has 30 heavy (non-hydrogen) atoms. The van der Waals surface area contributed by atoms with Gasteiger partial charge in [-0.15, -0.1) is 0 Å². The fourth-order valence-electron chi connectivity index (χ4n) is 6.37. The maximum Gasteiger partial charge on any atom is 0.261 e. The first-order chi connectivity index (χ1) is 14.3. The summed E-state index contributed by atoms with van der Waals surface area (Å²) in [6.45, 7) is 1.80. The van der Waals surface area contributed by atoms with Gasteiger partial charge in [-0.1, -0.05) is 24.3 Å². The van der Waals surface area contributed by atoms with Crippen LogP contribution in [0.2, 0.25) is 0 Å². The van der Waals surface area contributed by atoms with Gasteiger partial charge in [-0.25, -0.2) is 8.42 Å². The lowest BCUT2D eigenvalue weighted by Crippen LogP contribution is -2.59. The number of nitrogens with one attached hydrogen (secondary N) is 2. The quantitative estimate of drug-likeness (QED) is 0.742. The number of anilines is 1. The van der Waals surface area contributed by atoms with E-state index < -0.39 is 10.0 Å². The number of rotatable bonds is 5. The van der Waals surface area contributed by atoms with Gasteiger partial charge in [-0.2, -0.15) is 0 Å². The summed E-state index contributed by atoms with van der Waals surface area (Å²) in [5, 5.41) is 3.39. The molecule has 1 amide bonds. The molecule has 4 fully saturated rings. The van der Waals surface area contributed by atoms with Crippen LogP contribution in [0.5, 0.6) is 0 Å². The van der Waals surface area contributed by atoms with Crippen LogP contribution < -0.4 is 10.0 Å². The second-order valence-corrected chi connectivity index (χ2v) is 11.2. The second-order valence-electron chi connectivity index (χ2n) is 9.55. The van der Waals surface area contributed by atoms with E-state index in [1.807, 2.05) is 0 Å². The summed E-state index contributed by atoms with van der Waals surface area (Å²) in [4.78, 5) is 13.5. The van der Waals surface area contributed by atoms with E-state index in [0.29, 0.717) is 16.8 Å². The summed E-state index contributed by atoms with van der Waals surface area (Å²) >= 11 is 0. The van der Waals surface area contributed by atoms with Crippen molar-refractivity contribution in [3.8, 4) is 0 Å². The minimum atomic E-state index is -3.70. The zero-order valence-corrected chi connectivity index (χ0v) is 18.0. The molecule has 5 nitrogen and oxygen atoms in total. The molecule has 0 spiro atoms. The Morgan fingerprint density at radius 1 is 0.900 bits per heavy atom. The first-order valence-corrected chi connectivity index (χ1v) is 12.3. The van der Waals surface area contributed by atoms with Gasteiger partial charge < -0.3 is 5.32 Å². The van der Waals surface area contributed by atoms with Crippen molar-refractivity contribution >= 4 is 21.6 Å². The Morgan fingerprint density at radius 2 is 1.50 bits per heavy atom. The Kier molecular flexibility index (Phi) is 4.65. The third kappa shape index (κ3) is 3.51. The minimum Gasteiger partial charge on any atom is -0.347 e. The van der Waals surface area contributed by atoms with Gasteiger partial charge in [-0.05, 0) is 93.0 Å². The summed E-state index contributed by atoms with van der Waals surface area (Å²) in [6.07, 6.45) is 7.24. The van der Waals surface area contributed by atoms with E-state index in [1.165, 1.54) is 19.3 Å². The lowest BCUT2D eigenvalue weighted by Gasteiger charge is -2.56. The Labute approximate surface area is 178 Å². The van der Waals surface area contributed by atoms with Gasteiger partial charge in [-0.3, -0.25) is 9.52 Å². The number of hydrogen-bond donors (Lipinski definition) is 2. The van der Waals surface area contributed by atoms with Gasteiger partial charge in [0.05, 0.1) is 10.6 Å². The van der Waals surface area contributed by atoms with Gasteiger partial charge in [0.25, 0.3) is 15.9 Å². The summed E-state index contributed by atoms with van der Waals surface area (Å²) in [6, 6.07) is 13.5. The number of sulfonamides is 1. The highest BCUT2D eigenvalue weighted by molar-refractivity contribution is 7.92. The first-order valence-electron chi connectivity index (χ1n) is 10.8. The highest BCUT2D eigenvalue weighted by Crippen LogP contribution is 2.55. The molecule has 0 radical (unpaired) electrons. The van der Waals surface area contributed by atoms with Crippen molar-refractivity contribution in [2.24, 2.45) is 17.8 Å². The first kappa shape index (κ1) is 19.6. The number of amides is 1. The lowest BCUT2D eigenvalue weighted by molar-refractivity contribution is -0.0167. The summed E-state index contributed by atoms with van der Waals surface area (Å²) in [5.74, 6) is 2.17. The molecule has 0 unspecified atom stereocenters. The monoisotopic (exact) mass is 424 g/mol. The van der Waals surface area contributed by atoms with Crippen molar-refractivity contribution in [3.63, 3.8) is 0 Å². The zero-order valence-electron chi connectivity index (χ0n) is 17.2. The molecule has 6 rings (SSSR count). The van der Waals surface area contributed by atoms with Crippen LogP contribution in [-0.2, 0) is 10.0 Å². The van der Waals surface area contributed by atoms with Crippen molar-refractivity contribution in [3.05, 3.63) is 59.7 Å². The lowest BCUT2D eigenvalue weighted by atomic mass is 9.53. The number of hydrogen-bond acceptors (Lipinski definition) is 3. The van der Waals surface area contributed by atoms with E-state index in [0.717, 1.165) is 37.0 Å². The molecular weight excluding hydrogens is 396 g/mol. The third-order valence-electron chi connectivity index (χ3n) is 7.29. The van der Waals surface area contributed by atoms with Crippen LogP contribution in [0.1, 0.15) is 54.4 Å². The van der Waals surface area contributed by atoms with E-state index in [1.54, 1.807) is 55.5 Å². The highest BCUT2D eigenvalue weighted by Gasteiger charge is 2.51.